The SMILES string of the molecule is CN(CCC(=O)O)c1cnccn1. The van der Waals surface area contributed by atoms with Gasteiger partial charge in [0.1, 0.15) is 5.82 Å². The van der Waals surface area contributed by atoms with Crippen molar-refractivity contribution in [3.05, 3.63) is 18.6 Å². The molecule has 0 unspecified atom stereocenters. The largest absolute Gasteiger partial charge is 0.481 e. The predicted molar refractivity (Wildman–Crippen MR) is 47.6 cm³/mol. The van der Waals surface area contributed by atoms with Gasteiger partial charge >= 0.3 is 5.97 Å². The Morgan fingerprint density at radius 3 is 2.92 bits per heavy atom. The molecule has 0 atom stereocenters. The summed E-state index contributed by atoms with van der Waals surface area (Å²) in [6, 6.07) is 0. The van der Waals surface area contributed by atoms with E-state index in [1.165, 1.54) is 0 Å². The summed E-state index contributed by atoms with van der Waals surface area (Å²) >= 11 is 0. The van der Waals surface area contributed by atoms with Crippen molar-refractivity contribution in [1.29, 1.82) is 0 Å². The highest BCUT2D eigenvalue weighted by Crippen LogP contribution is 2.04. The van der Waals surface area contributed by atoms with E-state index in [0.29, 0.717) is 12.4 Å². The number of carboxylic acid groups (broad SMARTS) is 1. The summed E-state index contributed by atoms with van der Waals surface area (Å²) < 4.78 is 0. The van der Waals surface area contributed by atoms with E-state index < -0.39 is 5.97 Å². The van der Waals surface area contributed by atoms with Crippen LogP contribution in [0.5, 0.6) is 0 Å². The summed E-state index contributed by atoms with van der Waals surface area (Å²) in [5, 5.41) is 8.45. The molecule has 0 aliphatic rings. The van der Waals surface area contributed by atoms with Crippen molar-refractivity contribution in [2.75, 3.05) is 18.5 Å². The minimum Gasteiger partial charge on any atom is -0.481 e. The molecular weight excluding hydrogens is 170 g/mol. The van der Waals surface area contributed by atoms with Crippen LogP contribution in [0.15, 0.2) is 18.6 Å². The van der Waals surface area contributed by atoms with Crippen molar-refractivity contribution in [3.8, 4) is 0 Å². The Kier molecular flexibility index (Phi) is 3.19. The van der Waals surface area contributed by atoms with Crippen LogP contribution in [-0.2, 0) is 4.79 Å². The minimum absolute atomic E-state index is 0.104. The molecule has 0 bridgehead atoms. The van der Waals surface area contributed by atoms with E-state index in [4.69, 9.17) is 5.11 Å². The van der Waals surface area contributed by atoms with Crippen LogP contribution in [0, 0.1) is 0 Å². The van der Waals surface area contributed by atoms with Crippen molar-refractivity contribution in [2.24, 2.45) is 0 Å². The van der Waals surface area contributed by atoms with Gasteiger partial charge in [0.25, 0.3) is 0 Å². The molecule has 1 rings (SSSR count). The molecule has 0 amide bonds. The van der Waals surface area contributed by atoms with Gasteiger partial charge in [0.05, 0.1) is 12.6 Å². The maximum atomic E-state index is 10.3. The fourth-order valence-electron chi connectivity index (χ4n) is 0.866. The van der Waals surface area contributed by atoms with Crippen LogP contribution in [0.2, 0.25) is 0 Å². The van der Waals surface area contributed by atoms with Gasteiger partial charge in [-0.1, -0.05) is 0 Å². The molecule has 0 spiro atoms. The molecule has 0 aliphatic carbocycles. The third-order valence-corrected chi connectivity index (χ3v) is 1.60. The predicted octanol–water partition coefficient (Wildman–Crippen LogP) is 0.387. The molecule has 0 fully saturated rings. The third-order valence-electron chi connectivity index (χ3n) is 1.60. The maximum absolute atomic E-state index is 10.3. The van der Waals surface area contributed by atoms with E-state index in [1.54, 1.807) is 30.5 Å². The van der Waals surface area contributed by atoms with Gasteiger partial charge in [-0.25, -0.2) is 4.98 Å². The average molecular weight is 181 g/mol. The Morgan fingerprint density at radius 2 is 2.38 bits per heavy atom. The number of hydrogen-bond acceptors (Lipinski definition) is 4. The van der Waals surface area contributed by atoms with Crippen molar-refractivity contribution < 1.29 is 9.90 Å². The molecule has 0 aromatic carbocycles. The van der Waals surface area contributed by atoms with E-state index in [0.717, 1.165) is 0 Å². The molecule has 1 aromatic rings. The molecule has 1 heterocycles. The zero-order valence-electron chi connectivity index (χ0n) is 7.34. The highest BCUT2D eigenvalue weighted by molar-refractivity contribution is 5.67. The number of carbonyl (C=O) groups is 1. The normalized spacial score (nSPS) is 9.62. The Hall–Kier alpha value is -1.65. The van der Waals surface area contributed by atoms with Crippen LogP contribution >= 0.6 is 0 Å². The number of aromatic nitrogens is 2. The molecule has 70 valence electrons. The second-order valence-corrected chi connectivity index (χ2v) is 2.63. The summed E-state index contributed by atoms with van der Waals surface area (Å²) in [5.41, 5.74) is 0. The Morgan fingerprint density at radius 1 is 1.62 bits per heavy atom. The number of nitrogens with zero attached hydrogens (tertiary/aromatic N) is 3. The first-order valence-corrected chi connectivity index (χ1v) is 3.89. The van der Waals surface area contributed by atoms with Crippen LogP contribution in [0.3, 0.4) is 0 Å². The molecule has 0 saturated carbocycles. The van der Waals surface area contributed by atoms with Crippen LogP contribution in [0.4, 0.5) is 5.82 Å². The van der Waals surface area contributed by atoms with E-state index in [9.17, 15) is 4.79 Å². The Labute approximate surface area is 76.0 Å². The van der Waals surface area contributed by atoms with Gasteiger partial charge < -0.3 is 10.0 Å². The molecule has 13 heavy (non-hydrogen) atoms. The standard InChI is InChI=1S/C8H11N3O2/c1-11(5-2-8(12)13)7-6-9-3-4-10-7/h3-4,6H,2,5H2,1H3,(H,12,13). The molecule has 1 aromatic heterocycles. The Balaban J connectivity index is 2.49. The zero-order valence-corrected chi connectivity index (χ0v) is 7.34. The second kappa shape index (κ2) is 4.39. The first-order valence-electron chi connectivity index (χ1n) is 3.89. The Bertz CT molecular complexity index is 276. The maximum Gasteiger partial charge on any atom is 0.305 e. The lowest BCUT2D eigenvalue weighted by Gasteiger charge is -2.15. The number of hydrogen-bond donors (Lipinski definition) is 1. The van der Waals surface area contributed by atoms with Crippen molar-refractivity contribution >= 4 is 11.8 Å². The van der Waals surface area contributed by atoms with Gasteiger partial charge in [-0.15, -0.1) is 0 Å². The number of rotatable bonds is 4. The monoisotopic (exact) mass is 181 g/mol. The first kappa shape index (κ1) is 9.44. The summed E-state index contributed by atoms with van der Waals surface area (Å²) in [4.78, 5) is 19.9. The first-order chi connectivity index (χ1) is 6.20. The van der Waals surface area contributed by atoms with E-state index in [1.807, 2.05) is 0 Å². The minimum atomic E-state index is -0.809. The van der Waals surface area contributed by atoms with Crippen molar-refractivity contribution in [1.82, 2.24) is 9.97 Å². The van der Waals surface area contributed by atoms with E-state index in [2.05, 4.69) is 9.97 Å². The van der Waals surface area contributed by atoms with Gasteiger partial charge in [-0.3, -0.25) is 9.78 Å². The highest BCUT2D eigenvalue weighted by Gasteiger charge is 2.03. The van der Waals surface area contributed by atoms with Crippen LogP contribution in [0.25, 0.3) is 0 Å². The lowest BCUT2D eigenvalue weighted by Crippen LogP contribution is -2.21. The lowest BCUT2D eigenvalue weighted by molar-refractivity contribution is -0.136. The summed E-state index contributed by atoms with van der Waals surface area (Å²) in [6.07, 6.45) is 4.86. The third kappa shape index (κ3) is 3.06. The van der Waals surface area contributed by atoms with Crippen LogP contribution in [0.1, 0.15) is 6.42 Å². The summed E-state index contributed by atoms with van der Waals surface area (Å²) in [5.74, 6) is -0.125. The van der Waals surface area contributed by atoms with Gasteiger partial charge in [0, 0.05) is 26.0 Å². The summed E-state index contributed by atoms with van der Waals surface area (Å²) in [6.45, 7) is 0.439. The number of carboxylic acids is 1. The van der Waals surface area contributed by atoms with Crippen molar-refractivity contribution in [2.45, 2.75) is 6.42 Å². The van der Waals surface area contributed by atoms with E-state index >= 15 is 0 Å². The van der Waals surface area contributed by atoms with Gasteiger partial charge in [-0.05, 0) is 0 Å². The molecule has 1 N–H and O–H groups in total. The smallest absolute Gasteiger partial charge is 0.305 e. The topological polar surface area (TPSA) is 66.3 Å². The quantitative estimate of drug-likeness (QED) is 0.727. The fourth-order valence-corrected chi connectivity index (χ4v) is 0.866. The average Bonchev–Trinajstić information content (AvgIpc) is 2.15. The zero-order chi connectivity index (χ0) is 9.68. The molecule has 0 aliphatic heterocycles. The number of aliphatic carboxylic acids is 1. The molecule has 5 heteroatoms. The second-order valence-electron chi connectivity index (χ2n) is 2.63. The van der Waals surface area contributed by atoms with E-state index in [-0.39, 0.29) is 6.42 Å². The summed E-state index contributed by atoms with van der Waals surface area (Å²) in [7, 11) is 1.78. The lowest BCUT2D eigenvalue weighted by atomic mass is 10.4. The molecule has 0 radical (unpaired) electrons. The number of anilines is 1. The van der Waals surface area contributed by atoms with Crippen LogP contribution < -0.4 is 4.90 Å². The van der Waals surface area contributed by atoms with Gasteiger partial charge in [-0.2, -0.15) is 0 Å². The molecular formula is C8H11N3O2. The van der Waals surface area contributed by atoms with Gasteiger partial charge in [0.15, 0.2) is 0 Å². The molecule has 5 nitrogen and oxygen atoms in total. The highest BCUT2D eigenvalue weighted by atomic mass is 16.4. The fraction of sp³-hybridized carbons (Fsp3) is 0.375. The van der Waals surface area contributed by atoms with Crippen LogP contribution in [-0.4, -0.2) is 34.6 Å². The van der Waals surface area contributed by atoms with Gasteiger partial charge in [0.2, 0.25) is 0 Å². The van der Waals surface area contributed by atoms with Crippen molar-refractivity contribution in [3.63, 3.8) is 0 Å². The molecule has 0 saturated heterocycles.